The Morgan fingerprint density at radius 2 is 2.07 bits per heavy atom. The van der Waals surface area contributed by atoms with Gasteiger partial charge in [0.05, 0.1) is 18.5 Å². The highest BCUT2D eigenvalue weighted by Gasteiger charge is 2.17. The summed E-state index contributed by atoms with van der Waals surface area (Å²) in [5, 5.41) is 20.3. The van der Waals surface area contributed by atoms with Crippen LogP contribution in [-0.4, -0.2) is 38.4 Å². The van der Waals surface area contributed by atoms with Gasteiger partial charge in [0.25, 0.3) is 5.91 Å². The zero-order valence-electron chi connectivity index (χ0n) is 16.4. The molecule has 0 atom stereocenters. The molecule has 0 unspecified atom stereocenters. The van der Waals surface area contributed by atoms with Crippen LogP contribution in [0.4, 0.5) is 16.6 Å². The predicted octanol–water partition coefficient (Wildman–Crippen LogP) is 3.37. The SMILES string of the molecule is CCOC(=O)c1cc(Nc2ncc(C(=O)Nc3c(C)ccc(O)c3C)s2)nn1C. The normalized spacial score (nSPS) is 10.6. The van der Waals surface area contributed by atoms with Crippen molar-refractivity contribution in [3.8, 4) is 5.75 Å². The number of aromatic nitrogens is 3. The number of ether oxygens (including phenoxy) is 1. The monoisotopic (exact) mass is 415 g/mol. The number of carbonyl (C=O) groups excluding carboxylic acids is 2. The summed E-state index contributed by atoms with van der Waals surface area (Å²) in [4.78, 5) is 29.0. The van der Waals surface area contributed by atoms with Crippen molar-refractivity contribution in [2.45, 2.75) is 20.8 Å². The summed E-state index contributed by atoms with van der Waals surface area (Å²) in [6, 6.07) is 4.88. The van der Waals surface area contributed by atoms with Crippen LogP contribution in [0.25, 0.3) is 0 Å². The summed E-state index contributed by atoms with van der Waals surface area (Å²) >= 11 is 1.14. The quantitative estimate of drug-likeness (QED) is 0.528. The maximum Gasteiger partial charge on any atom is 0.356 e. The fourth-order valence-corrected chi connectivity index (χ4v) is 3.39. The van der Waals surface area contributed by atoms with Gasteiger partial charge in [0, 0.05) is 18.7 Å². The average Bonchev–Trinajstić information content (AvgIpc) is 3.29. The van der Waals surface area contributed by atoms with Crippen LogP contribution < -0.4 is 10.6 Å². The molecule has 0 radical (unpaired) electrons. The van der Waals surface area contributed by atoms with Crippen LogP contribution in [0.2, 0.25) is 0 Å². The molecule has 9 nitrogen and oxygen atoms in total. The standard InChI is InChI=1S/C19H21N5O4S/c1-5-28-18(27)12-8-15(23-24(12)4)21-19-20-9-14(29-19)17(26)22-16-10(2)6-7-13(25)11(16)3/h6-9,25H,5H2,1-4H3,(H,22,26)(H,20,21,23). The Labute approximate surface area is 171 Å². The minimum absolute atomic E-state index is 0.116. The predicted molar refractivity (Wildman–Crippen MR) is 110 cm³/mol. The number of hydrogen-bond acceptors (Lipinski definition) is 8. The summed E-state index contributed by atoms with van der Waals surface area (Å²) in [5.41, 5.74) is 2.32. The third-order valence-electron chi connectivity index (χ3n) is 4.21. The van der Waals surface area contributed by atoms with Gasteiger partial charge in [-0.25, -0.2) is 9.78 Å². The second-order valence-corrected chi connectivity index (χ2v) is 7.30. The van der Waals surface area contributed by atoms with E-state index in [1.807, 2.05) is 6.92 Å². The van der Waals surface area contributed by atoms with Gasteiger partial charge in [0.2, 0.25) is 0 Å². The molecule has 2 aromatic heterocycles. The largest absolute Gasteiger partial charge is 0.508 e. The molecule has 3 rings (SSSR count). The minimum atomic E-state index is -0.466. The van der Waals surface area contributed by atoms with Crippen LogP contribution in [0.5, 0.6) is 5.75 Å². The summed E-state index contributed by atoms with van der Waals surface area (Å²) in [5.74, 6) is -0.270. The van der Waals surface area contributed by atoms with Crippen molar-refractivity contribution in [3.63, 3.8) is 0 Å². The molecule has 0 fully saturated rings. The van der Waals surface area contributed by atoms with Crippen molar-refractivity contribution < 1.29 is 19.4 Å². The molecule has 0 saturated carbocycles. The average molecular weight is 415 g/mol. The molecular formula is C19H21N5O4S. The molecule has 10 heteroatoms. The molecule has 3 N–H and O–H groups in total. The van der Waals surface area contributed by atoms with Gasteiger partial charge in [0.15, 0.2) is 10.9 Å². The third kappa shape index (κ3) is 4.37. The maximum atomic E-state index is 12.6. The molecule has 29 heavy (non-hydrogen) atoms. The number of benzene rings is 1. The lowest BCUT2D eigenvalue weighted by Gasteiger charge is -2.11. The van der Waals surface area contributed by atoms with Gasteiger partial charge in [-0.05, 0) is 32.4 Å². The van der Waals surface area contributed by atoms with Crippen LogP contribution in [0.15, 0.2) is 24.4 Å². The van der Waals surface area contributed by atoms with E-state index in [0.717, 1.165) is 16.9 Å². The van der Waals surface area contributed by atoms with E-state index >= 15 is 0 Å². The van der Waals surface area contributed by atoms with Gasteiger partial charge in [-0.15, -0.1) is 0 Å². The Hall–Kier alpha value is -3.40. The Kier molecular flexibility index (Phi) is 5.83. The van der Waals surface area contributed by atoms with Crippen molar-refractivity contribution in [2.24, 2.45) is 7.05 Å². The second-order valence-electron chi connectivity index (χ2n) is 6.27. The molecule has 152 valence electrons. The fourth-order valence-electron chi connectivity index (χ4n) is 2.67. The highest BCUT2D eigenvalue weighted by Crippen LogP contribution is 2.29. The molecule has 0 aliphatic carbocycles. The molecule has 0 saturated heterocycles. The Balaban J connectivity index is 1.73. The topological polar surface area (TPSA) is 118 Å². The Morgan fingerprint density at radius 1 is 1.31 bits per heavy atom. The number of carbonyl (C=O) groups is 2. The lowest BCUT2D eigenvalue weighted by atomic mass is 10.1. The lowest BCUT2D eigenvalue weighted by Crippen LogP contribution is -2.12. The van der Waals surface area contributed by atoms with Crippen molar-refractivity contribution in [1.29, 1.82) is 0 Å². The van der Waals surface area contributed by atoms with Crippen LogP contribution in [0, 0.1) is 13.8 Å². The highest BCUT2D eigenvalue weighted by atomic mass is 32.1. The number of aryl methyl sites for hydroxylation is 2. The smallest absolute Gasteiger partial charge is 0.356 e. The van der Waals surface area contributed by atoms with Gasteiger partial charge in [-0.1, -0.05) is 17.4 Å². The van der Waals surface area contributed by atoms with Gasteiger partial charge >= 0.3 is 5.97 Å². The van der Waals surface area contributed by atoms with E-state index < -0.39 is 5.97 Å². The van der Waals surface area contributed by atoms with Crippen molar-refractivity contribution >= 4 is 39.9 Å². The molecule has 0 spiro atoms. The molecule has 1 amide bonds. The number of nitrogens with one attached hydrogen (secondary N) is 2. The van der Waals surface area contributed by atoms with Gasteiger partial charge in [0.1, 0.15) is 16.3 Å². The van der Waals surface area contributed by atoms with Gasteiger partial charge in [-0.2, -0.15) is 5.10 Å². The van der Waals surface area contributed by atoms with Crippen molar-refractivity contribution in [1.82, 2.24) is 14.8 Å². The number of nitrogens with zero attached hydrogens (tertiary/aromatic N) is 3. The fraction of sp³-hybridized carbons (Fsp3) is 0.263. The zero-order valence-corrected chi connectivity index (χ0v) is 17.3. The van der Waals surface area contributed by atoms with Crippen LogP contribution in [0.3, 0.4) is 0 Å². The molecule has 1 aromatic carbocycles. The summed E-state index contributed by atoms with van der Waals surface area (Å²) in [7, 11) is 1.64. The number of thiazole rings is 1. The number of phenols is 1. The van der Waals surface area contributed by atoms with Crippen molar-refractivity contribution in [3.05, 3.63) is 46.1 Å². The molecule has 0 aliphatic rings. The number of hydrogen-bond donors (Lipinski definition) is 3. The summed E-state index contributed by atoms with van der Waals surface area (Å²) < 4.78 is 6.39. The zero-order chi connectivity index (χ0) is 21.1. The first-order valence-corrected chi connectivity index (χ1v) is 9.66. The Bertz CT molecular complexity index is 1070. The van der Waals surface area contributed by atoms with Crippen LogP contribution in [-0.2, 0) is 11.8 Å². The summed E-state index contributed by atoms with van der Waals surface area (Å²) in [6.45, 7) is 5.59. The highest BCUT2D eigenvalue weighted by molar-refractivity contribution is 7.17. The van der Waals surface area contributed by atoms with Crippen LogP contribution >= 0.6 is 11.3 Å². The van der Waals surface area contributed by atoms with E-state index in [9.17, 15) is 14.7 Å². The number of anilines is 3. The van der Waals surface area contributed by atoms with E-state index in [-0.39, 0.29) is 18.3 Å². The molecule has 0 aliphatic heterocycles. The summed E-state index contributed by atoms with van der Waals surface area (Å²) in [6.07, 6.45) is 1.45. The molecular weight excluding hydrogens is 394 g/mol. The van der Waals surface area contributed by atoms with Crippen LogP contribution in [0.1, 0.15) is 38.2 Å². The first-order valence-electron chi connectivity index (χ1n) is 8.84. The Morgan fingerprint density at radius 3 is 2.79 bits per heavy atom. The van der Waals surface area contributed by atoms with E-state index in [1.54, 1.807) is 39.1 Å². The molecule has 3 aromatic rings. The minimum Gasteiger partial charge on any atom is -0.508 e. The van der Waals surface area contributed by atoms with E-state index in [1.165, 1.54) is 10.9 Å². The first-order chi connectivity index (χ1) is 13.8. The second kappa shape index (κ2) is 8.31. The van der Waals surface area contributed by atoms with E-state index in [2.05, 4.69) is 20.7 Å². The van der Waals surface area contributed by atoms with Gasteiger partial charge < -0.3 is 20.5 Å². The van der Waals surface area contributed by atoms with E-state index in [0.29, 0.717) is 32.8 Å². The maximum absolute atomic E-state index is 12.6. The van der Waals surface area contributed by atoms with Crippen molar-refractivity contribution in [2.75, 3.05) is 17.2 Å². The van der Waals surface area contributed by atoms with E-state index in [4.69, 9.17) is 4.74 Å². The lowest BCUT2D eigenvalue weighted by molar-refractivity contribution is 0.0513. The number of esters is 1. The third-order valence-corrected chi connectivity index (χ3v) is 5.12. The van der Waals surface area contributed by atoms with Gasteiger partial charge in [-0.3, -0.25) is 9.48 Å². The first kappa shape index (κ1) is 20.3. The molecule has 0 bridgehead atoms. The number of aromatic hydroxyl groups is 1. The number of amides is 1. The number of phenolic OH excluding ortho intramolecular Hbond substituents is 1. The molecule has 2 heterocycles. The number of rotatable bonds is 6.